The standard InChI is InChI=1S/C10H14N4O/c1-3-4-7-9-8(13-11)5-6(2)12-10(9)15-14-7/h5H,3-4,11H2,1-2H3,(H,12,13). The van der Waals surface area contributed by atoms with Gasteiger partial charge in [0.05, 0.1) is 16.8 Å². The molecule has 2 rings (SSSR count). The van der Waals surface area contributed by atoms with Crippen molar-refractivity contribution in [1.82, 2.24) is 10.1 Å². The van der Waals surface area contributed by atoms with Crippen molar-refractivity contribution in [2.24, 2.45) is 5.84 Å². The Hall–Kier alpha value is -1.62. The minimum absolute atomic E-state index is 0.548. The molecule has 80 valence electrons. The molecule has 3 N–H and O–H groups in total. The second-order valence-electron chi connectivity index (χ2n) is 3.51. The lowest BCUT2D eigenvalue weighted by molar-refractivity contribution is 0.438. The topological polar surface area (TPSA) is 77.0 Å². The molecule has 0 aliphatic rings. The van der Waals surface area contributed by atoms with Crippen LogP contribution < -0.4 is 11.3 Å². The van der Waals surface area contributed by atoms with Gasteiger partial charge in [-0.15, -0.1) is 0 Å². The first-order valence-corrected chi connectivity index (χ1v) is 4.98. The summed E-state index contributed by atoms with van der Waals surface area (Å²) in [6.45, 7) is 3.99. The number of anilines is 1. The van der Waals surface area contributed by atoms with Crippen LogP contribution in [0.4, 0.5) is 5.69 Å². The number of fused-ring (bicyclic) bond motifs is 1. The van der Waals surface area contributed by atoms with Gasteiger partial charge >= 0.3 is 0 Å². The van der Waals surface area contributed by atoms with Crippen molar-refractivity contribution in [1.29, 1.82) is 0 Å². The zero-order valence-corrected chi connectivity index (χ0v) is 8.87. The van der Waals surface area contributed by atoms with E-state index in [9.17, 15) is 0 Å². The highest BCUT2D eigenvalue weighted by Crippen LogP contribution is 2.26. The van der Waals surface area contributed by atoms with Crippen molar-refractivity contribution in [3.63, 3.8) is 0 Å². The first-order chi connectivity index (χ1) is 7.26. The number of aryl methyl sites for hydroxylation is 2. The van der Waals surface area contributed by atoms with Crippen LogP contribution in [-0.4, -0.2) is 10.1 Å². The highest BCUT2D eigenvalue weighted by Gasteiger charge is 2.13. The van der Waals surface area contributed by atoms with Gasteiger partial charge in [-0.25, -0.2) is 4.98 Å². The summed E-state index contributed by atoms with van der Waals surface area (Å²) in [4.78, 5) is 4.26. The van der Waals surface area contributed by atoms with Gasteiger partial charge in [0.1, 0.15) is 0 Å². The normalized spacial score (nSPS) is 10.9. The molecule has 0 spiro atoms. The van der Waals surface area contributed by atoms with Crippen LogP contribution >= 0.6 is 0 Å². The Morgan fingerprint density at radius 2 is 2.33 bits per heavy atom. The van der Waals surface area contributed by atoms with E-state index in [1.807, 2.05) is 13.0 Å². The van der Waals surface area contributed by atoms with E-state index in [0.29, 0.717) is 5.71 Å². The molecular formula is C10H14N4O. The Kier molecular flexibility index (Phi) is 2.55. The third-order valence-corrected chi connectivity index (χ3v) is 2.29. The van der Waals surface area contributed by atoms with Crippen LogP contribution in [-0.2, 0) is 6.42 Å². The number of pyridine rings is 1. The Morgan fingerprint density at radius 3 is 3.00 bits per heavy atom. The Labute approximate surface area is 87.6 Å². The first-order valence-electron chi connectivity index (χ1n) is 4.98. The Morgan fingerprint density at radius 1 is 1.53 bits per heavy atom. The van der Waals surface area contributed by atoms with Gasteiger partial charge in [-0.05, 0) is 19.4 Å². The van der Waals surface area contributed by atoms with Crippen LogP contribution in [0.3, 0.4) is 0 Å². The first kappa shape index (κ1) is 9.92. The number of nitrogens with zero attached hydrogens (tertiary/aromatic N) is 2. The van der Waals surface area contributed by atoms with Crippen LogP contribution in [0.5, 0.6) is 0 Å². The average Bonchev–Trinajstić information content (AvgIpc) is 2.61. The minimum Gasteiger partial charge on any atom is -0.335 e. The molecule has 0 saturated carbocycles. The number of aromatic nitrogens is 2. The summed E-state index contributed by atoms with van der Waals surface area (Å²) in [5, 5.41) is 4.90. The Balaban J connectivity index is 2.66. The highest BCUT2D eigenvalue weighted by atomic mass is 16.5. The summed E-state index contributed by atoms with van der Waals surface area (Å²) in [7, 11) is 0. The summed E-state index contributed by atoms with van der Waals surface area (Å²) >= 11 is 0. The minimum atomic E-state index is 0.548. The molecule has 0 atom stereocenters. The SMILES string of the molecule is CCCc1noc2nc(C)cc(NN)c12. The maximum atomic E-state index is 5.46. The van der Waals surface area contributed by atoms with Crippen LogP contribution in [0, 0.1) is 6.92 Å². The molecule has 0 amide bonds. The lowest BCUT2D eigenvalue weighted by Crippen LogP contribution is -2.08. The van der Waals surface area contributed by atoms with Crippen LogP contribution in [0.1, 0.15) is 24.7 Å². The fraction of sp³-hybridized carbons (Fsp3) is 0.400. The smallest absolute Gasteiger partial charge is 0.260 e. The molecule has 2 aromatic rings. The molecule has 15 heavy (non-hydrogen) atoms. The van der Waals surface area contributed by atoms with E-state index in [1.54, 1.807) is 0 Å². The summed E-state index contributed by atoms with van der Waals surface area (Å²) < 4.78 is 5.17. The molecule has 0 fully saturated rings. The molecule has 0 radical (unpaired) electrons. The zero-order chi connectivity index (χ0) is 10.8. The third-order valence-electron chi connectivity index (χ3n) is 2.29. The van der Waals surface area contributed by atoms with Crippen molar-refractivity contribution in [3.8, 4) is 0 Å². The Bertz CT molecular complexity index is 477. The quantitative estimate of drug-likeness (QED) is 0.591. The molecule has 0 saturated heterocycles. The third kappa shape index (κ3) is 1.66. The summed E-state index contributed by atoms with van der Waals surface area (Å²) in [5.41, 5.74) is 5.79. The average molecular weight is 206 g/mol. The van der Waals surface area contributed by atoms with Crippen LogP contribution in [0.2, 0.25) is 0 Å². The fourth-order valence-electron chi connectivity index (χ4n) is 1.65. The molecule has 0 aliphatic carbocycles. The molecule has 5 heteroatoms. The lowest BCUT2D eigenvalue weighted by atomic mass is 10.1. The van der Waals surface area contributed by atoms with Crippen molar-refractivity contribution < 1.29 is 4.52 Å². The summed E-state index contributed by atoms with van der Waals surface area (Å²) in [6, 6.07) is 1.89. The van der Waals surface area contributed by atoms with Gasteiger partial charge in [0.15, 0.2) is 0 Å². The maximum Gasteiger partial charge on any atom is 0.260 e. The molecule has 0 aliphatic heterocycles. The molecule has 2 heterocycles. The largest absolute Gasteiger partial charge is 0.335 e. The lowest BCUT2D eigenvalue weighted by Gasteiger charge is -2.02. The molecule has 2 aromatic heterocycles. The predicted octanol–water partition coefficient (Wildman–Crippen LogP) is 1.77. The van der Waals surface area contributed by atoms with E-state index < -0.39 is 0 Å². The number of rotatable bonds is 3. The maximum absolute atomic E-state index is 5.46. The van der Waals surface area contributed by atoms with Crippen LogP contribution in [0.15, 0.2) is 10.6 Å². The fourth-order valence-corrected chi connectivity index (χ4v) is 1.65. The monoisotopic (exact) mass is 206 g/mol. The van der Waals surface area contributed by atoms with Crippen molar-refractivity contribution in [2.45, 2.75) is 26.7 Å². The number of hydrogen-bond acceptors (Lipinski definition) is 5. The number of nitrogen functional groups attached to an aromatic ring is 1. The number of hydrogen-bond donors (Lipinski definition) is 2. The number of nitrogens with two attached hydrogens (primary N) is 1. The van der Waals surface area contributed by atoms with E-state index in [-0.39, 0.29) is 0 Å². The molecule has 0 bridgehead atoms. The summed E-state index contributed by atoms with van der Waals surface area (Å²) in [6.07, 6.45) is 1.88. The predicted molar refractivity (Wildman–Crippen MR) is 58.3 cm³/mol. The van der Waals surface area contributed by atoms with Crippen molar-refractivity contribution >= 4 is 16.8 Å². The van der Waals surface area contributed by atoms with Crippen molar-refractivity contribution in [3.05, 3.63) is 17.5 Å². The molecular weight excluding hydrogens is 192 g/mol. The zero-order valence-electron chi connectivity index (χ0n) is 8.87. The van der Waals surface area contributed by atoms with Gasteiger partial charge in [0.2, 0.25) is 0 Å². The van der Waals surface area contributed by atoms with Gasteiger partial charge in [0.25, 0.3) is 5.71 Å². The van der Waals surface area contributed by atoms with E-state index >= 15 is 0 Å². The second kappa shape index (κ2) is 3.86. The van der Waals surface area contributed by atoms with E-state index in [1.165, 1.54) is 0 Å². The van der Waals surface area contributed by atoms with Gasteiger partial charge < -0.3 is 9.95 Å². The number of hydrazine groups is 1. The van der Waals surface area contributed by atoms with E-state index in [0.717, 1.165) is 35.3 Å². The highest BCUT2D eigenvalue weighted by molar-refractivity contribution is 5.90. The molecule has 0 unspecified atom stereocenters. The van der Waals surface area contributed by atoms with Gasteiger partial charge in [-0.1, -0.05) is 18.5 Å². The number of nitrogens with one attached hydrogen (secondary N) is 1. The second-order valence-corrected chi connectivity index (χ2v) is 3.51. The van der Waals surface area contributed by atoms with E-state index in [4.69, 9.17) is 10.4 Å². The summed E-state index contributed by atoms with van der Waals surface area (Å²) in [5.74, 6) is 5.46. The van der Waals surface area contributed by atoms with Gasteiger partial charge in [-0.3, -0.25) is 5.84 Å². The van der Waals surface area contributed by atoms with E-state index in [2.05, 4.69) is 22.5 Å². The van der Waals surface area contributed by atoms with Gasteiger partial charge in [0, 0.05) is 5.69 Å². The van der Waals surface area contributed by atoms with Crippen molar-refractivity contribution in [2.75, 3.05) is 5.43 Å². The molecule has 5 nitrogen and oxygen atoms in total. The van der Waals surface area contributed by atoms with Gasteiger partial charge in [-0.2, -0.15) is 0 Å². The van der Waals surface area contributed by atoms with Crippen LogP contribution in [0.25, 0.3) is 11.1 Å². The molecule has 0 aromatic carbocycles.